The molecule has 0 aliphatic carbocycles. The van der Waals surface area contributed by atoms with Crippen molar-refractivity contribution in [2.24, 2.45) is 4.99 Å². The van der Waals surface area contributed by atoms with E-state index in [4.69, 9.17) is 5.21 Å². The fourth-order valence-electron chi connectivity index (χ4n) is 1.34. The van der Waals surface area contributed by atoms with Crippen molar-refractivity contribution in [3.8, 4) is 0 Å². The molecule has 0 amide bonds. The summed E-state index contributed by atoms with van der Waals surface area (Å²) in [5, 5.41) is 19.1. The van der Waals surface area contributed by atoms with E-state index in [-0.39, 0.29) is 11.4 Å². The van der Waals surface area contributed by atoms with Gasteiger partial charge in [0, 0.05) is 6.07 Å². The predicted octanol–water partition coefficient (Wildman–Crippen LogP) is 1.85. The Morgan fingerprint density at radius 2 is 2.20 bits per heavy atom. The summed E-state index contributed by atoms with van der Waals surface area (Å²) < 4.78 is 0. The number of nitrogens with zero attached hydrogens (tertiary/aromatic N) is 2. The molecule has 0 aliphatic heterocycles. The minimum atomic E-state index is -0.496. The van der Waals surface area contributed by atoms with Crippen molar-refractivity contribution >= 4 is 17.7 Å². The first-order valence-corrected chi connectivity index (χ1v) is 4.24. The van der Waals surface area contributed by atoms with E-state index in [0.29, 0.717) is 5.56 Å². The van der Waals surface area contributed by atoms with Crippen LogP contribution in [0.5, 0.6) is 0 Å². The van der Waals surface area contributed by atoms with Gasteiger partial charge in [-0.15, -0.1) is 0 Å². The highest BCUT2D eigenvalue weighted by Gasteiger charge is 2.15. The van der Waals surface area contributed by atoms with Crippen LogP contribution < -0.4 is 5.48 Å². The third kappa shape index (κ3) is 2.50. The van der Waals surface area contributed by atoms with E-state index in [9.17, 15) is 10.1 Å². The molecule has 6 nitrogen and oxygen atoms in total. The van der Waals surface area contributed by atoms with Crippen LogP contribution in [0.1, 0.15) is 11.1 Å². The molecule has 0 saturated heterocycles. The Morgan fingerprint density at radius 3 is 2.73 bits per heavy atom. The van der Waals surface area contributed by atoms with Crippen LogP contribution in [-0.2, 0) is 0 Å². The summed E-state index contributed by atoms with van der Waals surface area (Å²) in [5.74, 6) is 0. The SMILES string of the molecule is Cc1cc(C)c(N=CNO)c([N+](=O)[O-])c1. The van der Waals surface area contributed by atoms with E-state index in [0.717, 1.165) is 11.9 Å². The zero-order chi connectivity index (χ0) is 11.4. The standard InChI is InChI=1S/C9H11N3O3/c1-6-3-7(2)9(10-5-11-13)8(4-6)12(14)15/h3-5,13H,1-2H3,(H,10,11). The number of nitro groups is 1. The average molecular weight is 209 g/mol. The fraction of sp³-hybridized carbons (Fsp3) is 0.222. The van der Waals surface area contributed by atoms with Gasteiger partial charge in [0.1, 0.15) is 12.0 Å². The summed E-state index contributed by atoms with van der Waals surface area (Å²) in [6.45, 7) is 3.50. The molecule has 0 atom stereocenters. The lowest BCUT2D eigenvalue weighted by atomic mass is 10.1. The van der Waals surface area contributed by atoms with Crippen molar-refractivity contribution in [3.63, 3.8) is 0 Å². The molecule has 0 radical (unpaired) electrons. The molecule has 2 N–H and O–H groups in total. The first-order chi connectivity index (χ1) is 7.06. The minimum Gasteiger partial charge on any atom is -0.290 e. The number of rotatable bonds is 3. The van der Waals surface area contributed by atoms with Gasteiger partial charge in [-0.25, -0.2) is 4.99 Å². The van der Waals surface area contributed by atoms with E-state index >= 15 is 0 Å². The molecule has 1 rings (SSSR count). The largest absolute Gasteiger partial charge is 0.295 e. The third-order valence-electron chi connectivity index (χ3n) is 1.87. The van der Waals surface area contributed by atoms with Gasteiger partial charge in [-0.05, 0) is 25.0 Å². The third-order valence-corrected chi connectivity index (χ3v) is 1.87. The number of hydroxylamine groups is 1. The second-order valence-corrected chi connectivity index (χ2v) is 3.09. The molecule has 6 heteroatoms. The second-order valence-electron chi connectivity index (χ2n) is 3.09. The molecule has 0 unspecified atom stereocenters. The van der Waals surface area contributed by atoms with Crippen LogP contribution in [0.3, 0.4) is 0 Å². The van der Waals surface area contributed by atoms with E-state index < -0.39 is 4.92 Å². The van der Waals surface area contributed by atoms with Crippen molar-refractivity contribution in [1.82, 2.24) is 5.48 Å². The quantitative estimate of drug-likeness (QED) is 0.344. The highest BCUT2D eigenvalue weighted by molar-refractivity contribution is 5.70. The Balaban J connectivity index is 3.33. The molecular weight excluding hydrogens is 198 g/mol. The summed E-state index contributed by atoms with van der Waals surface area (Å²) in [6.07, 6.45) is 0.991. The van der Waals surface area contributed by atoms with Gasteiger partial charge in [-0.3, -0.25) is 20.8 Å². The number of benzene rings is 1. The van der Waals surface area contributed by atoms with E-state index in [2.05, 4.69) is 4.99 Å². The van der Waals surface area contributed by atoms with Gasteiger partial charge >= 0.3 is 0 Å². The van der Waals surface area contributed by atoms with Crippen molar-refractivity contribution in [1.29, 1.82) is 0 Å². The summed E-state index contributed by atoms with van der Waals surface area (Å²) >= 11 is 0. The molecule has 0 aromatic heterocycles. The zero-order valence-electron chi connectivity index (χ0n) is 8.39. The maximum Gasteiger partial charge on any atom is 0.295 e. The molecule has 0 fully saturated rings. The maximum absolute atomic E-state index is 10.7. The maximum atomic E-state index is 10.7. The number of nitrogens with one attached hydrogen (secondary N) is 1. The van der Waals surface area contributed by atoms with Crippen LogP contribution in [-0.4, -0.2) is 16.5 Å². The summed E-state index contributed by atoms with van der Waals surface area (Å²) in [5.41, 5.74) is 3.37. The van der Waals surface area contributed by atoms with Crippen LogP contribution in [0.2, 0.25) is 0 Å². The first-order valence-electron chi connectivity index (χ1n) is 4.24. The van der Waals surface area contributed by atoms with Crippen LogP contribution in [0.15, 0.2) is 17.1 Å². The van der Waals surface area contributed by atoms with Crippen LogP contribution in [0.4, 0.5) is 11.4 Å². The van der Waals surface area contributed by atoms with E-state index in [1.54, 1.807) is 25.4 Å². The Kier molecular flexibility index (Phi) is 3.35. The molecule has 1 aromatic carbocycles. The Bertz CT molecular complexity index is 415. The molecule has 80 valence electrons. The van der Waals surface area contributed by atoms with Crippen LogP contribution in [0.25, 0.3) is 0 Å². The highest BCUT2D eigenvalue weighted by atomic mass is 16.6. The molecule has 0 aliphatic rings. The van der Waals surface area contributed by atoms with Crippen LogP contribution >= 0.6 is 0 Å². The Hall–Kier alpha value is -1.95. The molecular formula is C9H11N3O3. The van der Waals surface area contributed by atoms with Gasteiger partial charge in [-0.2, -0.15) is 0 Å². The molecule has 1 aromatic rings. The molecule has 0 heterocycles. The molecule has 0 bridgehead atoms. The Labute approximate surface area is 86.4 Å². The summed E-state index contributed by atoms with van der Waals surface area (Å²) in [4.78, 5) is 14.0. The van der Waals surface area contributed by atoms with Crippen LogP contribution in [0, 0.1) is 24.0 Å². The Morgan fingerprint density at radius 1 is 1.53 bits per heavy atom. The van der Waals surface area contributed by atoms with Gasteiger partial charge in [0.05, 0.1) is 4.92 Å². The summed E-state index contributed by atoms with van der Waals surface area (Å²) in [6, 6.07) is 3.23. The zero-order valence-corrected chi connectivity index (χ0v) is 8.39. The van der Waals surface area contributed by atoms with Gasteiger partial charge in [-0.1, -0.05) is 6.07 Å². The lowest BCUT2D eigenvalue weighted by Gasteiger charge is -2.03. The van der Waals surface area contributed by atoms with Gasteiger partial charge in [0.2, 0.25) is 0 Å². The number of hydrogen-bond donors (Lipinski definition) is 2. The highest BCUT2D eigenvalue weighted by Crippen LogP contribution is 2.31. The lowest BCUT2D eigenvalue weighted by molar-refractivity contribution is -0.384. The monoisotopic (exact) mass is 209 g/mol. The fourth-order valence-corrected chi connectivity index (χ4v) is 1.34. The number of hydrogen-bond acceptors (Lipinski definition) is 4. The first kappa shape index (κ1) is 11.1. The topological polar surface area (TPSA) is 87.8 Å². The smallest absolute Gasteiger partial charge is 0.290 e. The molecule has 0 spiro atoms. The average Bonchev–Trinajstić information content (AvgIpc) is 2.15. The van der Waals surface area contributed by atoms with Crippen molar-refractivity contribution in [2.45, 2.75) is 13.8 Å². The van der Waals surface area contributed by atoms with Gasteiger partial charge in [0.25, 0.3) is 5.69 Å². The molecule has 15 heavy (non-hydrogen) atoms. The number of aryl methyl sites for hydroxylation is 2. The number of aliphatic imine (C=N–C) groups is 1. The van der Waals surface area contributed by atoms with E-state index in [1.807, 2.05) is 0 Å². The predicted molar refractivity (Wildman–Crippen MR) is 55.6 cm³/mol. The van der Waals surface area contributed by atoms with Crippen molar-refractivity contribution in [3.05, 3.63) is 33.4 Å². The summed E-state index contributed by atoms with van der Waals surface area (Å²) in [7, 11) is 0. The van der Waals surface area contributed by atoms with Crippen molar-refractivity contribution in [2.75, 3.05) is 0 Å². The van der Waals surface area contributed by atoms with Gasteiger partial charge < -0.3 is 0 Å². The van der Waals surface area contributed by atoms with Crippen molar-refractivity contribution < 1.29 is 10.1 Å². The minimum absolute atomic E-state index is 0.0704. The van der Waals surface area contributed by atoms with E-state index in [1.165, 1.54) is 6.07 Å². The normalized spacial score (nSPS) is 10.6. The second kappa shape index (κ2) is 4.52. The molecule has 0 saturated carbocycles. The lowest BCUT2D eigenvalue weighted by Crippen LogP contribution is -2.02. The van der Waals surface area contributed by atoms with Gasteiger partial charge in [0.15, 0.2) is 0 Å². The number of nitro benzene ring substituents is 1.